The SMILES string of the molecule is C=C(C)/C(=C\C=C/C)Nc1ccc(C(=C)C)c(C)c1. The molecule has 0 amide bonds. The molecule has 0 radical (unpaired) electrons. The van der Waals surface area contributed by atoms with E-state index in [0.29, 0.717) is 0 Å². The van der Waals surface area contributed by atoms with Crippen LogP contribution in [-0.2, 0) is 0 Å². The van der Waals surface area contributed by atoms with Gasteiger partial charge >= 0.3 is 0 Å². The van der Waals surface area contributed by atoms with Crippen LogP contribution in [0.25, 0.3) is 5.57 Å². The molecular weight excluding hydrogens is 230 g/mol. The topological polar surface area (TPSA) is 12.0 Å². The van der Waals surface area contributed by atoms with Gasteiger partial charge in [0.2, 0.25) is 0 Å². The van der Waals surface area contributed by atoms with Crippen molar-refractivity contribution in [2.24, 2.45) is 0 Å². The molecule has 1 aromatic carbocycles. The molecule has 0 atom stereocenters. The third-order valence-corrected chi connectivity index (χ3v) is 2.88. The van der Waals surface area contributed by atoms with Gasteiger partial charge in [-0.1, -0.05) is 36.9 Å². The second-order valence-electron chi connectivity index (χ2n) is 4.82. The second-order valence-corrected chi connectivity index (χ2v) is 4.82. The maximum absolute atomic E-state index is 3.99. The van der Waals surface area contributed by atoms with Crippen LogP contribution in [0.3, 0.4) is 0 Å². The molecule has 0 bridgehead atoms. The molecule has 0 heterocycles. The quantitative estimate of drug-likeness (QED) is 0.685. The zero-order valence-corrected chi connectivity index (χ0v) is 12.4. The van der Waals surface area contributed by atoms with Crippen LogP contribution in [0.1, 0.15) is 31.9 Å². The van der Waals surface area contributed by atoms with Gasteiger partial charge in [-0.2, -0.15) is 0 Å². The van der Waals surface area contributed by atoms with Crippen molar-refractivity contribution in [1.29, 1.82) is 0 Å². The lowest BCUT2D eigenvalue weighted by atomic mass is 10.0. The molecule has 0 spiro atoms. The highest BCUT2D eigenvalue weighted by Crippen LogP contribution is 2.22. The van der Waals surface area contributed by atoms with Crippen molar-refractivity contribution in [3.63, 3.8) is 0 Å². The Hall–Kier alpha value is -2.02. The van der Waals surface area contributed by atoms with Crippen LogP contribution in [0.2, 0.25) is 0 Å². The van der Waals surface area contributed by atoms with Crippen molar-refractivity contribution >= 4 is 11.3 Å². The maximum Gasteiger partial charge on any atom is 0.0407 e. The summed E-state index contributed by atoms with van der Waals surface area (Å²) in [4.78, 5) is 0. The van der Waals surface area contributed by atoms with Gasteiger partial charge in [-0.3, -0.25) is 0 Å². The summed E-state index contributed by atoms with van der Waals surface area (Å²) < 4.78 is 0. The van der Waals surface area contributed by atoms with E-state index in [2.05, 4.69) is 43.6 Å². The normalized spacial score (nSPS) is 11.7. The van der Waals surface area contributed by atoms with E-state index in [1.54, 1.807) is 0 Å². The Morgan fingerprint density at radius 3 is 2.37 bits per heavy atom. The molecule has 0 aromatic heterocycles. The number of aryl methyl sites for hydroxylation is 1. The summed E-state index contributed by atoms with van der Waals surface area (Å²) >= 11 is 0. The minimum Gasteiger partial charge on any atom is -0.355 e. The van der Waals surface area contributed by atoms with Crippen LogP contribution in [-0.4, -0.2) is 0 Å². The molecule has 0 saturated carbocycles. The van der Waals surface area contributed by atoms with Crippen molar-refractivity contribution in [2.45, 2.75) is 27.7 Å². The molecule has 1 nitrogen and oxygen atoms in total. The van der Waals surface area contributed by atoms with Crippen molar-refractivity contribution < 1.29 is 0 Å². The van der Waals surface area contributed by atoms with Crippen LogP contribution in [0.4, 0.5) is 5.69 Å². The van der Waals surface area contributed by atoms with Crippen molar-refractivity contribution in [3.8, 4) is 0 Å². The Balaban J connectivity index is 3.02. The summed E-state index contributed by atoms with van der Waals surface area (Å²) in [7, 11) is 0. The molecular formula is C18H23N. The third-order valence-electron chi connectivity index (χ3n) is 2.88. The van der Waals surface area contributed by atoms with Crippen LogP contribution in [0.15, 0.2) is 60.9 Å². The summed E-state index contributed by atoms with van der Waals surface area (Å²) in [5.74, 6) is 0. The Morgan fingerprint density at radius 2 is 1.89 bits per heavy atom. The lowest BCUT2D eigenvalue weighted by Gasteiger charge is -2.13. The van der Waals surface area contributed by atoms with Crippen LogP contribution in [0.5, 0.6) is 0 Å². The number of nitrogens with one attached hydrogen (secondary N) is 1. The molecule has 19 heavy (non-hydrogen) atoms. The highest BCUT2D eigenvalue weighted by atomic mass is 14.9. The summed E-state index contributed by atoms with van der Waals surface area (Å²) in [6.45, 7) is 16.1. The van der Waals surface area contributed by atoms with E-state index in [0.717, 1.165) is 22.5 Å². The second kappa shape index (κ2) is 6.79. The molecule has 0 unspecified atom stereocenters. The van der Waals surface area contributed by atoms with Gasteiger partial charge in [-0.15, -0.1) is 0 Å². The number of allylic oxidation sites excluding steroid dienone is 5. The van der Waals surface area contributed by atoms with Gasteiger partial charge in [0.05, 0.1) is 0 Å². The van der Waals surface area contributed by atoms with Gasteiger partial charge in [-0.05, 0) is 62.6 Å². The molecule has 0 saturated heterocycles. The minimum atomic E-state index is 1.01. The fourth-order valence-corrected chi connectivity index (χ4v) is 1.86. The van der Waals surface area contributed by atoms with Crippen LogP contribution in [0, 0.1) is 6.92 Å². The van der Waals surface area contributed by atoms with Gasteiger partial charge in [0, 0.05) is 11.4 Å². The monoisotopic (exact) mass is 253 g/mol. The van der Waals surface area contributed by atoms with Crippen LogP contribution >= 0.6 is 0 Å². The van der Waals surface area contributed by atoms with Crippen molar-refractivity contribution in [2.75, 3.05) is 5.32 Å². The fraction of sp³-hybridized carbons (Fsp3) is 0.222. The molecule has 0 aliphatic heterocycles. The number of hydrogen-bond donors (Lipinski definition) is 1. The Kier molecular flexibility index (Phi) is 5.37. The molecule has 0 aliphatic carbocycles. The Morgan fingerprint density at radius 1 is 1.21 bits per heavy atom. The summed E-state index contributed by atoms with van der Waals surface area (Å²) in [5, 5.41) is 3.40. The van der Waals surface area contributed by atoms with E-state index < -0.39 is 0 Å². The van der Waals surface area contributed by atoms with Gasteiger partial charge in [0.1, 0.15) is 0 Å². The standard InChI is InChI=1S/C18H23N/c1-7-8-9-18(14(4)5)19-16-10-11-17(13(2)3)15(6)12-16/h7-12,19H,2,4H2,1,3,5-6H3/b8-7-,18-9+. The lowest BCUT2D eigenvalue weighted by Crippen LogP contribution is -2.01. The van der Waals surface area contributed by atoms with E-state index in [9.17, 15) is 0 Å². The number of benzene rings is 1. The molecule has 0 aliphatic rings. The van der Waals surface area contributed by atoms with E-state index in [1.165, 1.54) is 11.1 Å². The molecule has 1 N–H and O–H groups in total. The summed E-state index contributed by atoms with van der Waals surface area (Å²) in [6, 6.07) is 6.31. The minimum absolute atomic E-state index is 1.01. The highest BCUT2D eigenvalue weighted by Gasteiger charge is 2.02. The predicted octanol–water partition coefficient (Wildman–Crippen LogP) is 5.48. The summed E-state index contributed by atoms with van der Waals surface area (Å²) in [5.41, 5.74) is 6.64. The molecule has 0 fully saturated rings. The van der Waals surface area contributed by atoms with E-state index in [1.807, 2.05) is 39.0 Å². The van der Waals surface area contributed by atoms with Gasteiger partial charge < -0.3 is 5.32 Å². The smallest absolute Gasteiger partial charge is 0.0407 e. The zero-order valence-electron chi connectivity index (χ0n) is 12.4. The largest absolute Gasteiger partial charge is 0.355 e. The maximum atomic E-state index is 3.99. The van der Waals surface area contributed by atoms with E-state index >= 15 is 0 Å². The molecule has 1 rings (SSSR count). The number of rotatable bonds is 5. The fourth-order valence-electron chi connectivity index (χ4n) is 1.86. The zero-order chi connectivity index (χ0) is 14.4. The first kappa shape index (κ1) is 15.0. The third kappa shape index (κ3) is 4.29. The number of anilines is 1. The van der Waals surface area contributed by atoms with E-state index in [-0.39, 0.29) is 0 Å². The highest BCUT2D eigenvalue weighted by molar-refractivity contribution is 5.68. The van der Waals surface area contributed by atoms with Crippen molar-refractivity contribution in [1.82, 2.24) is 0 Å². The van der Waals surface area contributed by atoms with Crippen LogP contribution < -0.4 is 5.32 Å². The van der Waals surface area contributed by atoms with Gasteiger partial charge in [0.15, 0.2) is 0 Å². The van der Waals surface area contributed by atoms with E-state index in [4.69, 9.17) is 0 Å². The summed E-state index contributed by atoms with van der Waals surface area (Å²) in [6.07, 6.45) is 6.04. The molecule has 100 valence electrons. The molecule has 1 heteroatoms. The first-order valence-electron chi connectivity index (χ1n) is 6.48. The van der Waals surface area contributed by atoms with Crippen molar-refractivity contribution in [3.05, 3.63) is 72.0 Å². The Bertz CT molecular complexity index is 545. The average Bonchev–Trinajstić information content (AvgIpc) is 2.33. The predicted molar refractivity (Wildman–Crippen MR) is 87.2 cm³/mol. The first-order chi connectivity index (χ1) is 8.95. The average molecular weight is 253 g/mol. The van der Waals surface area contributed by atoms with Gasteiger partial charge in [0.25, 0.3) is 0 Å². The van der Waals surface area contributed by atoms with Gasteiger partial charge in [-0.25, -0.2) is 0 Å². The Labute approximate surface area is 117 Å². The first-order valence-corrected chi connectivity index (χ1v) is 6.48. The lowest BCUT2D eigenvalue weighted by molar-refractivity contribution is 1.33. The number of hydrogen-bond acceptors (Lipinski definition) is 1. The molecule has 1 aromatic rings.